The third-order valence-corrected chi connectivity index (χ3v) is 5.95. The van der Waals surface area contributed by atoms with E-state index in [0.29, 0.717) is 22.0 Å². The quantitative estimate of drug-likeness (QED) is 0.772. The van der Waals surface area contributed by atoms with Gasteiger partial charge in [-0.05, 0) is 49.8 Å². The summed E-state index contributed by atoms with van der Waals surface area (Å²) in [5.41, 5.74) is 2.80. The summed E-state index contributed by atoms with van der Waals surface area (Å²) in [6, 6.07) is 6.91. The molecule has 1 N–H and O–H groups in total. The summed E-state index contributed by atoms with van der Waals surface area (Å²) in [6.45, 7) is 3.67. The van der Waals surface area contributed by atoms with E-state index in [4.69, 9.17) is 9.47 Å². The Kier molecular flexibility index (Phi) is 6.14. The molecule has 7 heteroatoms. The number of carbonyl (C=O) groups excluding carboxylic acids is 3. The summed E-state index contributed by atoms with van der Waals surface area (Å²) in [5, 5.41) is 3.18. The van der Waals surface area contributed by atoms with Crippen LogP contribution in [-0.2, 0) is 27.1 Å². The minimum atomic E-state index is -0.567. The van der Waals surface area contributed by atoms with Crippen LogP contribution in [-0.4, -0.2) is 31.6 Å². The Hall–Kier alpha value is -2.67. The number of fused-ring (bicyclic) bond motifs is 1. The average molecular weight is 401 g/mol. The van der Waals surface area contributed by atoms with Gasteiger partial charge in [0, 0.05) is 4.88 Å². The molecule has 0 saturated carbocycles. The first kappa shape index (κ1) is 20.1. The Labute approximate surface area is 167 Å². The lowest BCUT2D eigenvalue weighted by Crippen LogP contribution is -2.22. The van der Waals surface area contributed by atoms with Gasteiger partial charge >= 0.3 is 11.9 Å². The van der Waals surface area contributed by atoms with Crippen LogP contribution in [0.4, 0.5) is 5.00 Å². The molecule has 0 bridgehead atoms. The molecule has 0 aliphatic heterocycles. The normalized spacial score (nSPS) is 15.5. The van der Waals surface area contributed by atoms with Crippen LogP contribution in [0, 0.1) is 12.8 Å². The molecule has 1 aromatic heterocycles. The fraction of sp³-hybridized carbons (Fsp3) is 0.381. The van der Waals surface area contributed by atoms with Crippen LogP contribution in [0.5, 0.6) is 0 Å². The monoisotopic (exact) mass is 401 g/mol. The standard InChI is InChI=1S/C21H23NO5S/c1-12-4-7-14(8-5-12)20(24)27-11-17(23)22-19-18(21(25)26-3)15-9-6-13(2)10-16(15)28-19/h4-5,7-8,13H,6,9-11H2,1-3H3,(H,22,23)/t13-/m1/s1. The smallest absolute Gasteiger partial charge is 0.341 e. The van der Waals surface area contributed by atoms with Gasteiger partial charge in [-0.3, -0.25) is 4.79 Å². The lowest BCUT2D eigenvalue weighted by molar-refractivity contribution is -0.119. The molecule has 28 heavy (non-hydrogen) atoms. The number of benzene rings is 1. The molecule has 0 saturated heterocycles. The molecule has 2 aromatic rings. The lowest BCUT2D eigenvalue weighted by Gasteiger charge is -2.18. The van der Waals surface area contributed by atoms with Crippen LogP contribution >= 0.6 is 11.3 Å². The van der Waals surface area contributed by atoms with Crippen LogP contribution in [0.3, 0.4) is 0 Å². The highest BCUT2D eigenvalue weighted by molar-refractivity contribution is 7.17. The molecular formula is C21H23NO5S. The summed E-state index contributed by atoms with van der Waals surface area (Å²) in [4.78, 5) is 37.7. The Morgan fingerprint density at radius 2 is 1.89 bits per heavy atom. The van der Waals surface area contributed by atoms with Crippen LogP contribution < -0.4 is 5.32 Å². The SMILES string of the molecule is COC(=O)c1c(NC(=O)COC(=O)c2ccc(C)cc2)sc2c1CC[C@@H](C)C2. The number of aryl methyl sites for hydroxylation is 1. The fourth-order valence-corrected chi connectivity index (χ4v) is 4.64. The number of methoxy groups -OCH3 is 1. The van der Waals surface area contributed by atoms with Gasteiger partial charge in [0.05, 0.1) is 18.2 Å². The molecule has 0 unspecified atom stereocenters. The van der Waals surface area contributed by atoms with E-state index in [1.54, 1.807) is 24.3 Å². The van der Waals surface area contributed by atoms with E-state index in [1.165, 1.54) is 18.4 Å². The topological polar surface area (TPSA) is 81.7 Å². The first-order valence-electron chi connectivity index (χ1n) is 9.15. The third kappa shape index (κ3) is 4.42. The van der Waals surface area contributed by atoms with Crippen molar-refractivity contribution >= 4 is 34.2 Å². The van der Waals surface area contributed by atoms with E-state index in [9.17, 15) is 14.4 Å². The highest BCUT2D eigenvalue weighted by atomic mass is 32.1. The number of carbonyl (C=O) groups is 3. The van der Waals surface area contributed by atoms with Crippen LogP contribution in [0.15, 0.2) is 24.3 Å². The van der Waals surface area contributed by atoms with Crippen molar-refractivity contribution in [2.45, 2.75) is 33.1 Å². The van der Waals surface area contributed by atoms with Crippen molar-refractivity contribution in [1.82, 2.24) is 0 Å². The van der Waals surface area contributed by atoms with Gasteiger partial charge in [-0.15, -0.1) is 11.3 Å². The second kappa shape index (κ2) is 8.56. The molecule has 0 radical (unpaired) electrons. The second-order valence-corrected chi connectivity index (χ2v) is 8.14. The molecule has 1 amide bonds. The van der Waals surface area contributed by atoms with Gasteiger partial charge in [-0.25, -0.2) is 9.59 Å². The number of amides is 1. The average Bonchev–Trinajstić information content (AvgIpc) is 3.02. The number of hydrogen-bond acceptors (Lipinski definition) is 6. The predicted molar refractivity (Wildman–Crippen MR) is 107 cm³/mol. The van der Waals surface area contributed by atoms with Crippen LogP contribution in [0.1, 0.15) is 50.1 Å². The number of ether oxygens (including phenoxy) is 2. The molecule has 3 rings (SSSR count). The maximum Gasteiger partial charge on any atom is 0.341 e. The number of rotatable bonds is 5. The zero-order valence-electron chi connectivity index (χ0n) is 16.2. The lowest BCUT2D eigenvalue weighted by atomic mass is 9.88. The Balaban J connectivity index is 1.69. The van der Waals surface area contributed by atoms with E-state index in [2.05, 4.69) is 12.2 Å². The molecule has 1 aliphatic rings. The van der Waals surface area contributed by atoms with Gasteiger partial charge in [-0.2, -0.15) is 0 Å². The predicted octanol–water partition coefficient (Wildman–Crippen LogP) is 3.76. The van der Waals surface area contributed by atoms with Crippen LogP contribution in [0.25, 0.3) is 0 Å². The first-order chi connectivity index (χ1) is 13.4. The molecule has 148 valence electrons. The van der Waals surface area contributed by atoms with Crippen molar-refractivity contribution in [1.29, 1.82) is 0 Å². The third-order valence-electron chi connectivity index (χ3n) is 4.78. The molecule has 6 nitrogen and oxygen atoms in total. The van der Waals surface area contributed by atoms with Crippen molar-refractivity contribution in [2.24, 2.45) is 5.92 Å². The van der Waals surface area contributed by atoms with Crippen molar-refractivity contribution in [3.05, 3.63) is 51.4 Å². The zero-order valence-corrected chi connectivity index (χ0v) is 17.0. The Morgan fingerprint density at radius 1 is 1.18 bits per heavy atom. The van der Waals surface area contributed by atoms with Crippen LogP contribution in [0.2, 0.25) is 0 Å². The van der Waals surface area contributed by atoms with E-state index in [-0.39, 0.29) is 0 Å². The van der Waals surface area contributed by atoms with Crippen molar-refractivity contribution in [3.63, 3.8) is 0 Å². The zero-order chi connectivity index (χ0) is 20.3. The van der Waals surface area contributed by atoms with Gasteiger partial charge in [0.25, 0.3) is 5.91 Å². The molecule has 0 fully saturated rings. The van der Waals surface area contributed by atoms with E-state index in [1.807, 2.05) is 6.92 Å². The summed E-state index contributed by atoms with van der Waals surface area (Å²) in [6.07, 6.45) is 2.66. The fourth-order valence-electron chi connectivity index (χ4n) is 3.22. The largest absolute Gasteiger partial charge is 0.465 e. The first-order valence-corrected chi connectivity index (χ1v) is 9.97. The summed E-state index contributed by atoms with van der Waals surface area (Å²) < 4.78 is 9.99. The molecule has 1 aliphatic carbocycles. The summed E-state index contributed by atoms with van der Waals surface area (Å²) in [5.74, 6) is -0.977. The van der Waals surface area contributed by atoms with Gasteiger partial charge in [0.1, 0.15) is 5.00 Å². The number of esters is 2. The number of anilines is 1. The highest BCUT2D eigenvalue weighted by Gasteiger charge is 2.29. The number of hydrogen-bond donors (Lipinski definition) is 1. The minimum Gasteiger partial charge on any atom is -0.465 e. The van der Waals surface area contributed by atoms with Crippen molar-refractivity contribution < 1.29 is 23.9 Å². The summed E-state index contributed by atoms with van der Waals surface area (Å²) in [7, 11) is 1.33. The number of nitrogens with one attached hydrogen (secondary N) is 1. The summed E-state index contributed by atoms with van der Waals surface area (Å²) >= 11 is 1.40. The maximum atomic E-state index is 12.3. The maximum absolute atomic E-state index is 12.3. The highest BCUT2D eigenvalue weighted by Crippen LogP contribution is 2.40. The molecular weight excluding hydrogens is 378 g/mol. The number of thiophene rings is 1. The van der Waals surface area contributed by atoms with Gasteiger partial charge < -0.3 is 14.8 Å². The van der Waals surface area contributed by atoms with Crippen molar-refractivity contribution in [2.75, 3.05) is 19.0 Å². The Bertz CT molecular complexity index is 900. The van der Waals surface area contributed by atoms with Gasteiger partial charge in [0.15, 0.2) is 6.61 Å². The van der Waals surface area contributed by atoms with E-state index < -0.39 is 24.5 Å². The van der Waals surface area contributed by atoms with Crippen molar-refractivity contribution in [3.8, 4) is 0 Å². The van der Waals surface area contributed by atoms with Gasteiger partial charge in [0.2, 0.25) is 0 Å². The Morgan fingerprint density at radius 3 is 2.57 bits per heavy atom. The second-order valence-electron chi connectivity index (χ2n) is 7.04. The van der Waals surface area contributed by atoms with E-state index >= 15 is 0 Å². The minimum absolute atomic E-state index is 0.384. The molecule has 1 atom stereocenters. The van der Waals surface area contributed by atoms with E-state index in [0.717, 1.165) is 35.3 Å². The molecule has 0 spiro atoms. The molecule has 1 heterocycles. The van der Waals surface area contributed by atoms with Gasteiger partial charge in [-0.1, -0.05) is 24.6 Å². The molecule has 1 aromatic carbocycles.